The molecular formula is C17H20ClNO. The molecular weight excluding hydrogens is 270 g/mol. The average molecular weight is 290 g/mol. The van der Waals surface area contributed by atoms with Crippen LogP contribution in [0.25, 0.3) is 0 Å². The Labute approximate surface area is 125 Å². The van der Waals surface area contributed by atoms with Crippen molar-refractivity contribution in [2.75, 3.05) is 13.2 Å². The maximum atomic E-state index is 6.28. The summed E-state index contributed by atoms with van der Waals surface area (Å²) in [5, 5.41) is 0.775. The first kappa shape index (κ1) is 14.9. The highest BCUT2D eigenvalue weighted by atomic mass is 35.5. The van der Waals surface area contributed by atoms with Gasteiger partial charge in [0.1, 0.15) is 5.75 Å². The van der Waals surface area contributed by atoms with Gasteiger partial charge in [0.05, 0.1) is 6.61 Å². The summed E-state index contributed by atoms with van der Waals surface area (Å²) in [6, 6.07) is 16.0. The molecule has 2 rings (SSSR count). The molecule has 3 heteroatoms. The van der Waals surface area contributed by atoms with Crippen molar-refractivity contribution in [2.24, 2.45) is 5.73 Å². The Hall–Kier alpha value is -1.51. The van der Waals surface area contributed by atoms with Crippen LogP contribution in [0.3, 0.4) is 0 Å². The fraction of sp³-hybridized carbons (Fsp3) is 0.294. The van der Waals surface area contributed by atoms with Crippen molar-refractivity contribution in [2.45, 2.75) is 19.3 Å². The summed E-state index contributed by atoms with van der Waals surface area (Å²) in [7, 11) is 0. The van der Waals surface area contributed by atoms with E-state index in [4.69, 9.17) is 22.1 Å². The van der Waals surface area contributed by atoms with E-state index in [0.717, 1.165) is 22.8 Å². The molecule has 2 aromatic carbocycles. The Kier molecular flexibility index (Phi) is 5.45. The minimum Gasteiger partial charge on any atom is -0.494 e. The van der Waals surface area contributed by atoms with Gasteiger partial charge in [-0.1, -0.05) is 48.0 Å². The van der Waals surface area contributed by atoms with Crippen molar-refractivity contribution < 1.29 is 4.74 Å². The van der Waals surface area contributed by atoms with E-state index < -0.39 is 0 Å². The third-order valence-corrected chi connectivity index (χ3v) is 3.71. The second-order valence-electron chi connectivity index (χ2n) is 4.70. The van der Waals surface area contributed by atoms with Crippen molar-refractivity contribution in [3.63, 3.8) is 0 Å². The fourth-order valence-corrected chi connectivity index (χ4v) is 2.65. The van der Waals surface area contributed by atoms with Gasteiger partial charge in [0, 0.05) is 10.9 Å². The molecule has 0 radical (unpaired) electrons. The molecule has 2 aromatic rings. The average Bonchev–Trinajstić information content (AvgIpc) is 2.47. The zero-order valence-electron chi connectivity index (χ0n) is 11.7. The van der Waals surface area contributed by atoms with Crippen LogP contribution in [0.4, 0.5) is 0 Å². The van der Waals surface area contributed by atoms with Crippen molar-refractivity contribution in [1.29, 1.82) is 0 Å². The summed E-state index contributed by atoms with van der Waals surface area (Å²) < 4.78 is 5.67. The molecule has 0 bridgehead atoms. The molecule has 0 saturated carbocycles. The van der Waals surface area contributed by atoms with Gasteiger partial charge in [-0.25, -0.2) is 0 Å². The first-order valence-electron chi connectivity index (χ1n) is 6.91. The number of para-hydroxylation sites is 1. The summed E-state index contributed by atoms with van der Waals surface area (Å²) >= 11 is 6.28. The van der Waals surface area contributed by atoms with E-state index in [1.54, 1.807) is 0 Å². The molecule has 0 aliphatic rings. The van der Waals surface area contributed by atoms with Crippen molar-refractivity contribution >= 4 is 11.6 Å². The highest BCUT2D eigenvalue weighted by Gasteiger charge is 2.15. The Balaban J connectivity index is 2.25. The van der Waals surface area contributed by atoms with Crippen LogP contribution in [0, 0.1) is 0 Å². The third kappa shape index (κ3) is 3.53. The monoisotopic (exact) mass is 289 g/mol. The van der Waals surface area contributed by atoms with Gasteiger partial charge in [-0.3, -0.25) is 0 Å². The molecule has 2 N–H and O–H groups in total. The molecule has 0 spiro atoms. The van der Waals surface area contributed by atoms with Gasteiger partial charge in [-0.05, 0) is 43.1 Å². The SMILES string of the molecule is CCOc1ccccc1CC(CN)c1ccccc1Cl. The number of nitrogens with two attached hydrogens (primary N) is 1. The quantitative estimate of drug-likeness (QED) is 0.871. The lowest BCUT2D eigenvalue weighted by molar-refractivity contribution is 0.335. The van der Waals surface area contributed by atoms with Crippen LogP contribution in [-0.4, -0.2) is 13.2 Å². The fourth-order valence-electron chi connectivity index (χ4n) is 2.36. The molecule has 1 unspecified atom stereocenters. The lowest BCUT2D eigenvalue weighted by Crippen LogP contribution is -2.16. The summed E-state index contributed by atoms with van der Waals surface area (Å²) in [6.45, 7) is 3.21. The highest BCUT2D eigenvalue weighted by molar-refractivity contribution is 6.31. The molecule has 0 amide bonds. The molecule has 106 valence electrons. The highest BCUT2D eigenvalue weighted by Crippen LogP contribution is 2.29. The van der Waals surface area contributed by atoms with E-state index in [9.17, 15) is 0 Å². The number of hydrogen-bond acceptors (Lipinski definition) is 2. The standard InChI is InChI=1S/C17H20ClNO/c1-2-20-17-10-6-3-7-13(17)11-14(12-19)15-8-4-5-9-16(15)18/h3-10,14H,2,11-12,19H2,1H3. The predicted octanol–water partition coefficient (Wildman–Crippen LogP) is 4.02. The van der Waals surface area contributed by atoms with Gasteiger partial charge in [0.15, 0.2) is 0 Å². The summed E-state index contributed by atoms with van der Waals surface area (Å²) in [4.78, 5) is 0. The summed E-state index contributed by atoms with van der Waals surface area (Å²) in [5.74, 6) is 1.13. The van der Waals surface area contributed by atoms with E-state index in [2.05, 4.69) is 6.07 Å². The van der Waals surface area contributed by atoms with Crippen molar-refractivity contribution in [1.82, 2.24) is 0 Å². The normalized spacial score (nSPS) is 12.2. The number of ether oxygens (including phenoxy) is 1. The Morgan fingerprint density at radius 2 is 1.80 bits per heavy atom. The van der Waals surface area contributed by atoms with Crippen molar-refractivity contribution in [3.05, 3.63) is 64.7 Å². The van der Waals surface area contributed by atoms with Gasteiger partial charge in [-0.2, -0.15) is 0 Å². The smallest absolute Gasteiger partial charge is 0.122 e. The van der Waals surface area contributed by atoms with E-state index in [1.807, 2.05) is 49.4 Å². The molecule has 0 heterocycles. The van der Waals surface area contributed by atoms with Crippen LogP contribution in [0.5, 0.6) is 5.75 Å². The van der Waals surface area contributed by atoms with Gasteiger partial charge in [-0.15, -0.1) is 0 Å². The largest absolute Gasteiger partial charge is 0.494 e. The Bertz CT molecular complexity index is 556. The minimum atomic E-state index is 0.199. The molecule has 0 aliphatic carbocycles. The lowest BCUT2D eigenvalue weighted by atomic mass is 9.91. The Morgan fingerprint density at radius 3 is 2.50 bits per heavy atom. The van der Waals surface area contributed by atoms with Gasteiger partial charge in [0.2, 0.25) is 0 Å². The van der Waals surface area contributed by atoms with Gasteiger partial charge in [0.25, 0.3) is 0 Å². The van der Waals surface area contributed by atoms with Crippen LogP contribution < -0.4 is 10.5 Å². The second kappa shape index (κ2) is 7.32. The number of benzene rings is 2. The molecule has 0 aliphatic heterocycles. The first-order chi connectivity index (χ1) is 9.76. The minimum absolute atomic E-state index is 0.199. The topological polar surface area (TPSA) is 35.2 Å². The Morgan fingerprint density at radius 1 is 1.10 bits per heavy atom. The number of halogens is 1. The van der Waals surface area contributed by atoms with Gasteiger partial charge >= 0.3 is 0 Å². The maximum Gasteiger partial charge on any atom is 0.122 e. The molecule has 0 fully saturated rings. The predicted molar refractivity (Wildman–Crippen MR) is 84.6 cm³/mol. The van der Waals surface area contributed by atoms with Gasteiger partial charge < -0.3 is 10.5 Å². The molecule has 0 saturated heterocycles. The number of hydrogen-bond donors (Lipinski definition) is 1. The molecule has 1 atom stereocenters. The third-order valence-electron chi connectivity index (χ3n) is 3.37. The van der Waals surface area contributed by atoms with Crippen LogP contribution >= 0.6 is 11.6 Å². The zero-order valence-corrected chi connectivity index (χ0v) is 12.4. The van der Waals surface area contributed by atoms with Crippen LogP contribution in [-0.2, 0) is 6.42 Å². The lowest BCUT2D eigenvalue weighted by Gasteiger charge is -2.18. The summed E-state index contributed by atoms with van der Waals surface area (Å²) in [5.41, 5.74) is 8.22. The zero-order chi connectivity index (χ0) is 14.4. The molecule has 2 nitrogen and oxygen atoms in total. The maximum absolute atomic E-state index is 6.28. The molecule has 0 aromatic heterocycles. The van der Waals surface area contributed by atoms with Crippen LogP contribution in [0.2, 0.25) is 5.02 Å². The van der Waals surface area contributed by atoms with E-state index >= 15 is 0 Å². The van der Waals surface area contributed by atoms with Crippen LogP contribution in [0.1, 0.15) is 24.0 Å². The molecule has 20 heavy (non-hydrogen) atoms. The second-order valence-corrected chi connectivity index (χ2v) is 5.11. The van der Waals surface area contributed by atoms with Crippen molar-refractivity contribution in [3.8, 4) is 5.75 Å². The van der Waals surface area contributed by atoms with E-state index in [1.165, 1.54) is 5.56 Å². The van der Waals surface area contributed by atoms with E-state index in [-0.39, 0.29) is 5.92 Å². The summed E-state index contributed by atoms with van der Waals surface area (Å²) in [6.07, 6.45) is 0.830. The first-order valence-corrected chi connectivity index (χ1v) is 7.29. The number of rotatable bonds is 6. The van der Waals surface area contributed by atoms with E-state index in [0.29, 0.717) is 13.2 Å². The van der Waals surface area contributed by atoms with Crippen LogP contribution in [0.15, 0.2) is 48.5 Å².